The highest BCUT2D eigenvalue weighted by Crippen LogP contribution is 2.47. The number of hydrogen-bond acceptors (Lipinski definition) is 3. The summed E-state index contributed by atoms with van der Waals surface area (Å²) < 4.78 is 5.07. The zero-order valence-corrected chi connectivity index (χ0v) is 13.2. The lowest BCUT2D eigenvalue weighted by Gasteiger charge is -2.17. The van der Waals surface area contributed by atoms with Crippen LogP contribution < -0.4 is 15.4 Å². The van der Waals surface area contributed by atoms with Crippen molar-refractivity contribution in [2.45, 2.75) is 24.8 Å². The maximum atomic E-state index is 12.0. The number of aromatic nitrogens is 1. The Morgan fingerprint density at radius 3 is 2.70 bits per heavy atom. The van der Waals surface area contributed by atoms with E-state index in [1.807, 2.05) is 30.3 Å². The number of hydrogen-bond donors (Lipinski definition) is 2. The lowest BCUT2D eigenvalue weighted by atomic mass is 9.96. The molecule has 23 heavy (non-hydrogen) atoms. The molecular formula is C18H21N3O2. The van der Waals surface area contributed by atoms with E-state index in [4.69, 9.17) is 4.74 Å². The molecule has 2 amide bonds. The summed E-state index contributed by atoms with van der Waals surface area (Å²) in [7, 11) is 1.57. The number of methoxy groups -OCH3 is 1. The van der Waals surface area contributed by atoms with E-state index in [0.29, 0.717) is 19.0 Å². The molecule has 5 nitrogen and oxygen atoms in total. The number of nitrogens with one attached hydrogen (secondary N) is 2. The molecule has 120 valence electrons. The standard InChI is InChI=1S/C18H21N3O2/c1-23-16-11-14(7-10-19-16)12-20-17(22)21-13-18(8-9-18)15-5-3-2-4-6-15/h2-7,10-11H,8-9,12-13H2,1H3,(H2,20,21,22). The van der Waals surface area contributed by atoms with Crippen molar-refractivity contribution in [3.05, 3.63) is 59.8 Å². The zero-order chi connectivity index (χ0) is 16.1. The Morgan fingerprint density at radius 2 is 2.00 bits per heavy atom. The van der Waals surface area contributed by atoms with E-state index in [9.17, 15) is 4.79 Å². The van der Waals surface area contributed by atoms with Crippen molar-refractivity contribution >= 4 is 6.03 Å². The summed E-state index contributed by atoms with van der Waals surface area (Å²) in [6.07, 6.45) is 3.92. The van der Waals surface area contributed by atoms with E-state index in [0.717, 1.165) is 18.4 Å². The summed E-state index contributed by atoms with van der Waals surface area (Å²) in [6.45, 7) is 1.12. The van der Waals surface area contributed by atoms with Gasteiger partial charge in [0, 0.05) is 30.8 Å². The van der Waals surface area contributed by atoms with Crippen molar-refractivity contribution in [2.75, 3.05) is 13.7 Å². The fourth-order valence-corrected chi connectivity index (χ4v) is 2.68. The second-order valence-electron chi connectivity index (χ2n) is 5.89. The van der Waals surface area contributed by atoms with Crippen LogP contribution in [0.4, 0.5) is 4.79 Å². The molecule has 1 saturated carbocycles. The van der Waals surface area contributed by atoms with Gasteiger partial charge in [-0.25, -0.2) is 9.78 Å². The molecule has 0 bridgehead atoms. The zero-order valence-electron chi connectivity index (χ0n) is 13.2. The van der Waals surface area contributed by atoms with Gasteiger partial charge in [0.1, 0.15) is 0 Å². The monoisotopic (exact) mass is 311 g/mol. The van der Waals surface area contributed by atoms with Gasteiger partial charge < -0.3 is 15.4 Å². The molecule has 1 aromatic carbocycles. The second-order valence-corrected chi connectivity index (χ2v) is 5.89. The van der Waals surface area contributed by atoms with Gasteiger partial charge in [-0.2, -0.15) is 0 Å². The maximum Gasteiger partial charge on any atom is 0.315 e. The van der Waals surface area contributed by atoms with Crippen LogP contribution in [0.1, 0.15) is 24.0 Å². The number of pyridine rings is 1. The van der Waals surface area contributed by atoms with E-state index < -0.39 is 0 Å². The molecule has 0 saturated heterocycles. The number of carbonyl (C=O) groups is 1. The molecule has 1 aliphatic rings. The average Bonchev–Trinajstić information content (AvgIpc) is 3.40. The largest absolute Gasteiger partial charge is 0.481 e. The van der Waals surface area contributed by atoms with Crippen molar-refractivity contribution in [3.8, 4) is 5.88 Å². The van der Waals surface area contributed by atoms with E-state index in [1.165, 1.54) is 5.56 Å². The highest BCUT2D eigenvalue weighted by Gasteiger charge is 2.44. The van der Waals surface area contributed by atoms with Crippen LogP contribution in [-0.2, 0) is 12.0 Å². The number of amides is 2. The van der Waals surface area contributed by atoms with E-state index in [1.54, 1.807) is 13.3 Å². The molecule has 3 rings (SSSR count). The maximum absolute atomic E-state index is 12.0. The van der Waals surface area contributed by atoms with Crippen molar-refractivity contribution in [1.82, 2.24) is 15.6 Å². The van der Waals surface area contributed by atoms with Crippen LogP contribution in [0.5, 0.6) is 5.88 Å². The molecule has 2 N–H and O–H groups in total. The van der Waals surface area contributed by atoms with Crippen LogP contribution in [0.2, 0.25) is 0 Å². The Balaban J connectivity index is 1.48. The van der Waals surface area contributed by atoms with Gasteiger partial charge in [-0.1, -0.05) is 30.3 Å². The number of rotatable bonds is 6. The number of carbonyl (C=O) groups excluding carboxylic acids is 1. The Bertz CT molecular complexity index is 669. The summed E-state index contributed by atoms with van der Waals surface area (Å²) in [5.41, 5.74) is 2.38. The Hall–Kier alpha value is -2.56. The van der Waals surface area contributed by atoms with Gasteiger partial charge in [0.2, 0.25) is 5.88 Å². The average molecular weight is 311 g/mol. The van der Waals surface area contributed by atoms with Crippen LogP contribution in [0.15, 0.2) is 48.7 Å². The third-order valence-electron chi connectivity index (χ3n) is 4.29. The van der Waals surface area contributed by atoms with Crippen molar-refractivity contribution in [3.63, 3.8) is 0 Å². The van der Waals surface area contributed by atoms with E-state index in [-0.39, 0.29) is 11.4 Å². The quantitative estimate of drug-likeness (QED) is 0.862. The summed E-state index contributed by atoms with van der Waals surface area (Å²) >= 11 is 0. The molecule has 0 spiro atoms. The first-order valence-corrected chi connectivity index (χ1v) is 7.78. The van der Waals surface area contributed by atoms with Crippen LogP contribution in [-0.4, -0.2) is 24.7 Å². The van der Waals surface area contributed by atoms with E-state index >= 15 is 0 Å². The fourth-order valence-electron chi connectivity index (χ4n) is 2.68. The molecule has 5 heteroatoms. The molecule has 2 aromatic rings. The third kappa shape index (κ3) is 3.80. The van der Waals surface area contributed by atoms with Gasteiger partial charge in [0.25, 0.3) is 0 Å². The Morgan fingerprint density at radius 1 is 1.22 bits per heavy atom. The Labute approximate surface area is 136 Å². The van der Waals surface area contributed by atoms with Crippen molar-refractivity contribution in [2.24, 2.45) is 0 Å². The van der Waals surface area contributed by atoms with Crippen LogP contribution in [0.3, 0.4) is 0 Å². The fraction of sp³-hybridized carbons (Fsp3) is 0.333. The number of benzene rings is 1. The van der Waals surface area contributed by atoms with E-state index in [2.05, 4.69) is 27.8 Å². The molecule has 0 atom stereocenters. The first kappa shape index (κ1) is 15.3. The van der Waals surface area contributed by atoms with Gasteiger partial charge >= 0.3 is 6.03 Å². The van der Waals surface area contributed by atoms with Crippen LogP contribution >= 0.6 is 0 Å². The summed E-state index contributed by atoms with van der Waals surface area (Å²) in [6, 6.07) is 13.9. The predicted molar refractivity (Wildman–Crippen MR) is 88.4 cm³/mol. The van der Waals surface area contributed by atoms with Crippen molar-refractivity contribution in [1.29, 1.82) is 0 Å². The first-order valence-electron chi connectivity index (χ1n) is 7.78. The lowest BCUT2D eigenvalue weighted by Crippen LogP contribution is -2.39. The van der Waals surface area contributed by atoms with Gasteiger partial charge in [-0.15, -0.1) is 0 Å². The summed E-state index contributed by atoms with van der Waals surface area (Å²) in [5, 5.41) is 5.85. The SMILES string of the molecule is COc1cc(CNC(=O)NCC2(c3ccccc3)CC2)ccn1. The molecule has 0 aliphatic heterocycles. The lowest BCUT2D eigenvalue weighted by molar-refractivity contribution is 0.239. The van der Waals surface area contributed by atoms with Crippen LogP contribution in [0, 0.1) is 0 Å². The summed E-state index contributed by atoms with van der Waals surface area (Å²) in [4.78, 5) is 16.1. The number of nitrogens with zero attached hydrogens (tertiary/aromatic N) is 1. The van der Waals surface area contributed by atoms with Crippen LogP contribution in [0.25, 0.3) is 0 Å². The van der Waals surface area contributed by atoms with Gasteiger partial charge in [0.15, 0.2) is 0 Å². The molecule has 1 aromatic heterocycles. The normalized spacial score (nSPS) is 14.8. The van der Waals surface area contributed by atoms with Gasteiger partial charge in [0.05, 0.1) is 7.11 Å². The van der Waals surface area contributed by atoms with Gasteiger partial charge in [-0.05, 0) is 30.0 Å². The molecule has 0 unspecified atom stereocenters. The first-order chi connectivity index (χ1) is 11.2. The second kappa shape index (κ2) is 6.69. The molecule has 1 aliphatic carbocycles. The van der Waals surface area contributed by atoms with Gasteiger partial charge in [-0.3, -0.25) is 0 Å². The predicted octanol–water partition coefficient (Wildman–Crippen LogP) is 2.62. The molecular weight excluding hydrogens is 290 g/mol. The molecule has 1 heterocycles. The minimum absolute atomic E-state index is 0.123. The Kier molecular flexibility index (Phi) is 4.46. The minimum Gasteiger partial charge on any atom is -0.481 e. The smallest absolute Gasteiger partial charge is 0.315 e. The number of urea groups is 1. The molecule has 1 fully saturated rings. The topological polar surface area (TPSA) is 63.2 Å². The highest BCUT2D eigenvalue weighted by atomic mass is 16.5. The molecule has 0 radical (unpaired) electrons. The number of ether oxygens (including phenoxy) is 1. The summed E-state index contributed by atoms with van der Waals surface area (Å²) in [5.74, 6) is 0.547. The van der Waals surface area contributed by atoms with Crippen molar-refractivity contribution < 1.29 is 9.53 Å². The minimum atomic E-state index is -0.150. The third-order valence-corrected chi connectivity index (χ3v) is 4.29. The highest BCUT2D eigenvalue weighted by molar-refractivity contribution is 5.74.